The highest BCUT2D eigenvalue weighted by atomic mass is 35.5. The number of sulfonamides is 1. The van der Waals surface area contributed by atoms with Gasteiger partial charge in [0.15, 0.2) is 0 Å². The lowest BCUT2D eigenvalue weighted by atomic mass is 9.99. The molecule has 132 valence electrons. The van der Waals surface area contributed by atoms with Gasteiger partial charge in [0.05, 0.1) is 23.6 Å². The highest BCUT2D eigenvalue weighted by Gasteiger charge is 2.34. The Morgan fingerprint density at radius 1 is 1.39 bits per heavy atom. The first-order chi connectivity index (χ1) is 10.5. The van der Waals surface area contributed by atoms with Gasteiger partial charge >= 0.3 is 0 Å². The normalized spacial score (nSPS) is 21.0. The van der Waals surface area contributed by atoms with Gasteiger partial charge in [-0.15, -0.1) is 12.4 Å². The van der Waals surface area contributed by atoms with E-state index in [9.17, 15) is 8.42 Å². The molecule has 1 atom stereocenters. The molecular formula is C15H25ClN2O4S. The van der Waals surface area contributed by atoms with Gasteiger partial charge in [0.25, 0.3) is 0 Å². The van der Waals surface area contributed by atoms with Gasteiger partial charge in [0.1, 0.15) is 5.75 Å². The molecule has 0 aliphatic carbocycles. The van der Waals surface area contributed by atoms with Crippen molar-refractivity contribution in [2.24, 2.45) is 0 Å². The van der Waals surface area contributed by atoms with Crippen LogP contribution in [-0.4, -0.2) is 47.4 Å². The number of hydrogen-bond donors (Lipinski definition) is 2. The van der Waals surface area contributed by atoms with Gasteiger partial charge in [-0.25, -0.2) is 13.1 Å². The van der Waals surface area contributed by atoms with E-state index in [0.29, 0.717) is 25.5 Å². The number of methoxy groups -OCH3 is 1. The van der Waals surface area contributed by atoms with E-state index in [1.54, 1.807) is 25.3 Å². The van der Waals surface area contributed by atoms with E-state index in [2.05, 4.69) is 10.0 Å². The molecule has 0 amide bonds. The van der Waals surface area contributed by atoms with Crippen molar-refractivity contribution in [2.45, 2.75) is 30.2 Å². The fraction of sp³-hybridized carbons (Fsp3) is 0.600. The third-order valence-electron chi connectivity index (χ3n) is 3.78. The monoisotopic (exact) mass is 364 g/mol. The Kier molecular flexibility index (Phi) is 7.76. The molecule has 1 heterocycles. The second-order valence-electron chi connectivity index (χ2n) is 5.48. The fourth-order valence-electron chi connectivity index (χ4n) is 2.68. The summed E-state index contributed by atoms with van der Waals surface area (Å²) in [6.45, 7) is 4.03. The van der Waals surface area contributed by atoms with E-state index in [1.165, 1.54) is 6.07 Å². The summed E-state index contributed by atoms with van der Waals surface area (Å²) >= 11 is 0. The predicted octanol–water partition coefficient (Wildman–Crippen LogP) is 1.55. The zero-order valence-electron chi connectivity index (χ0n) is 13.5. The maximum Gasteiger partial charge on any atom is 0.240 e. The van der Waals surface area contributed by atoms with E-state index >= 15 is 0 Å². The lowest BCUT2D eigenvalue weighted by molar-refractivity contribution is 0.122. The quantitative estimate of drug-likeness (QED) is 0.732. The minimum Gasteiger partial charge on any atom is -0.494 e. The van der Waals surface area contributed by atoms with Crippen LogP contribution in [0.1, 0.15) is 19.8 Å². The summed E-state index contributed by atoms with van der Waals surface area (Å²) in [4.78, 5) is 0.212. The summed E-state index contributed by atoms with van der Waals surface area (Å²) in [5, 5.41) is 3.35. The van der Waals surface area contributed by atoms with E-state index < -0.39 is 10.0 Å². The zero-order chi connectivity index (χ0) is 16.1. The third-order valence-corrected chi connectivity index (χ3v) is 5.18. The average molecular weight is 365 g/mol. The highest BCUT2D eigenvalue weighted by molar-refractivity contribution is 7.89. The van der Waals surface area contributed by atoms with Crippen LogP contribution in [0.15, 0.2) is 29.2 Å². The molecular weight excluding hydrogens is 340 g/mol. The lowest BCUT2D eigenvalue weighted by Gasteiger charge is -2.28. The maximum absolute atomic E-state index is 12.5. The highest BCUT2D eigenvalue weighted by Crippen LogP contribution is 2.21. The summed E-state index contributed by atoms with van der Waals surface area (Å²) in [7, 11) is -1.94. The largest absolute Gasteiger partial charge is 0.494 e. The van der Waals surface area contributed by atoms with E-state index in [-0.39, 0.29) is 22.8 Å². The molecule has 1 aromatic carbocycles. The molecule has 1 aliphatic heterocycles. The summed E-state index contributed by atoms with van der Waals surface area (Å²) in [5.41, 5.74) is -0.320. The number of ether oxygens (including phenoxy) is 2. The molecule has 0 aromatic heterocycles. The number of halogens is 1. The molecule has 0 bridgehead atoms. The molecule has 2 rings (SSSR count). The first kappa shape index (κ1) is 20.2. The molecule has 2 N–H and O–H groups in total. The van der Waals surface area contributed by atoms with Crippen molar-refractivity contribution in [3.8, 4) is 5.75 Å². The molecule has 1 aliphatic rings. The van der Waals surface area contributed by atoms with Gasteiger partial charge < -0.3 is 14.8 Å². The first-order valence-corrected chi connectivity index (χ1v) is 8.96. The van der Waals surface area contributed by atoms with Gasteiger partial charge in [-0.3, -0.25) is 0 Å². The van der Waals surface area contributed by atoms with Gasteiger partial charge in [0.2, 0.25) is 10.0 Å². The van der Waals surface area contributed by atoms with Crippen molar-refractivity contribution in [1.82, 2.24) is 10.0 Å². The Morgan fingerprint density at radius 2 is 2.17 bits per heavy atom. The summed E-state index contributed by atoms with van der Waals surface area (Å²) in [6, 6.07) is 6.53. The molecule has 0 radical (unpaired) electrons. The van der Waals surface area contributed by atoms with Crippen LogP contribution in [0.3, 0.4) is 0 Å². The fourth-order valence-corrected chi connectivity index (χ4v) is 3.85. The summed E-state index contributed by atoms with van der Waals surface area (Å²) < 4.78 is 38.2. The van der Waals surface area contributed by atoms with Crippen molar-refractivity contribution in [2.75, 3.05) is 33.4 Å². The Morgan fingerprint density at radius 3 is 2.78 bits per heavy atom. The van der Waals surface area contributed by atoms with E-state index in [4.69, 9.17) is 9.47 Å². The molecule has 0 spiro atoms. The van der Waals surface area contributed by atoms with Gasteiger partial charge in [-0.05, 0) is 38.4 Å². The van der Waals surface area contributed by atoms with Crippen LogP contribution >= 0.6 is 12.4 Å². The minimum absolute atomic E-state index is 0. The van der Waals surface area contributed by atoms with Gasteiger partial charge in [0, 0.05) is 19.7 Å². The minimum atomic E-state index is -3.57. The SMILES string of the molecule is CCOc1cccc(S(=O)(=O)NCC2(COC)CCCN2)c1.Cl. The van der Waals surface area contributed by atoms with Crippen LogP contribution in [0.5, 0.6) is 5.75 Å². The second-order valence-corrected chi connectivity index (χ2v) is 7.24. The van der Waals surface area contributed by atoms with Crippen LogP contribution in [0.25, 0.3) is 0 Å². The number of nitrogens with one attached hydrogen (secondary N) is 2. The Bertz CT molecular complexity index is 589. The number of hydrogen-bond acceptors (Lipinski definition) is 5. The summed E-state index contributed by atoms with van der Waals surface area (Å²) in [6.07, 6.45) is 1.91. The predicted molar refractivity (Wildman–Crippen MR) is 91.9 cm³/mol. The molecule has 1 aromatic rings. The van der Waals surface area contributed by atoms with Crippen LogP contribution in [0.2, 0.25) is 0 Å². The number of benzene rings is 1. The second kappa shape index (κ2) is 8.84. The maximum atomic E-state index is 12.5. The molecule has 0 saturated carbocycles. The molecule has 1 unspecified atom stereocenters. The van der Waals surface area contributed by atoms with Crippen LogP contribution < -0.4 is 14.8 Å². The first-order valence-electron chi connectivity index (χ1n) is 7.48. The molecule has 23 heavy (non-hydrogen) atoms. The molecule has 8 heteroatoms. The molecule has 1 fully saturated rings. The van der Waals surface area contributed by atoms with E-state index in [0.717, 1.165) is 19.4 Å². The topological polar surface area (TPSA) is 76.7 Å². The van der Waals surface area contributed by atoms with Gasteiger partial charge in [-0.2, -0.15) is 0 Å². The standard InChI is InChI=1S/C15H24N2O4S.ClH/c1-3-21-13-6-4-7-14(10-13)22(18,19)17-11-15(12-20-2)8-5-9-16-15;/h4,6-7,10,16-17H,3,5,8-9,11-12H2,1-2H3;1H. The zero-order valence-corrected chi connectivity index (χ0v) is 15.1. The number of rotatable bonds is 8. The van der Waals surface area contributed by atoms with Crippen LogP contribution in [0.4, 0.5) is 0 Å². The van der Waals surface area contributed by atoms with Crippen LogP contribution in [0, 0.1) is 0 Å². The Balaban J connectivity index is 0.00000264. The van der Waals surface area contributed by atoms with Crippen molar-refractivity contribution < 1.29 is 17.9 Å². The Hall–Kier alpha value is -0.860. The average Bonchev–Trinajstić information content (AvgIpc) is 2.96. The Labute approximate surface area is 144 Å². The smallest absolute Gasteiger partial charge is 0.240 e. The summed E-state index contributed by atoms with van der Waals surface area (Å²) in [5.74, 6) is 0.552. The lowest BCUT2D eigenvalue weighted by Crippen LogP contribution is -2.52. The van der Waals surface area contributed by atoms with Crippen molar-refractivity contribution in [3.05, 3.63) is 24.3 Å². The van der Waals surface area contributed by atoms with Crippen molar-refractivity contribution in [3.63, 3.8) is 0 Å². The van der Waals surface area contributed by atoms with Crippen LogP contribution in [-0.2, 0) is 14.8 Å². The van der Waals surface area contributed by atoms with E-state index in [1.807, 2.05) is 6.92 Å². The van der Waals surface area contributed by atoms with Crippen molar-refractivity contribution in [1.29, 1.82) is 0 Å². The van der Waals surface area contributed by atoms with Gasteiger partial charge in [-0.1, -0.05) is 6.07 Å². The molecule has 1 saturated heterocycles. The van der Waals surface area contributed by atoms with Crippen molar-refractivity contribution >= 4 is 22.4 Å². The molecule has 6 nitrogen and oxygen atoms in total. The third kappa shape index (κ3) is 5.32.